The van der Waals surface area contributed by atoms with Gasteiger partial charge in [-0.1, -0.05) is 35.9 Å². The van der Waals surface area contributed by atoms with Crippen LogP contribution in [0.25, 0.3) is 11.3 Å². The fourth-order valence-electron chi connectivity index (χ4n) is 3.03. The van der Waals surface area contributed by atoms with Crippen molar-refractivity contribution in [2.24, 2.45) is 5.10 Å². The lowest BCUT2D eigenvalue weighted by atomic mass is 9.99. The van der Waals surface area contributed by atoms with Crippen LogP contribution in [-0.4, -0.2) is 10.4 Å². The second kappa shape index (κ2) is 7.23. The number of rotatable bonds is 2. The second-order valence-electron chi connectivity index (χ2n) is 6.35. The summed E-state index contributed by atoms with van der Waals surface area (Å²) in [6, 6.07) is 10.5. The van der Waals surface area contributed by atoms with Gasteiger partial charge in [-0.15, -0.1) is 0 Å². The van der Waals surface area contributed by atoms with Gasteiger partial charge in [-0.2, -0.15) is 28.2 Å². The summed E-state index contributed by atoms with van der Waals surface area (Å²) in [6.07, 6.45) is -0.616. The zero-order valence-electron chi connectivity index (χ0n) is 14.5. The van der Waals surface area contributed by atoms with E-state index in [9.17, 15) is 23.2 Å². The van der Waals surface area contributed by atoms with Crippen LogP contribution >= 0.6 is 0 Å². The number of allylic oxidation sites excluding steroid dienone is 2. The Morgan fingerprint density at radius 1 is 1.19 bits per heavy atom. The SMILES string of the molecule is CC1=CC(=Nn2c(-c3ccccc3)cc(C(F)(F)F)c(C#N)c2=O)CCC1. The van der Waals surface area contributed by atoms with Crippen molar-refractivity contribution in [1.82, 2.24) is 4.68 Å². The van der Waals surface area contributed by atoms with Crippen LogP contribution in [0.2, 0.25) is 0 Å². The Bertz CT molecular complexity index is 1030. The molecule has 2 aromatic rings. The fourth-order valence-corrected chi connectivity index (χ4v) is 3.03. The van der Waals surface area contributed by atoms with Gasteiger partial charge in [0.25, 0.3) is 5.56 Å². The van der Waals surface area contributed by atoms with Crippen molar-refractivity contribution in [2.75, 3.05) is 0 Å². The van der Waals surface area contributed by atoms with E-state index in [1.807, 2.05) is 13.0 Å². The number of alkyl halides is 3. The van der Waals surface area contributed by atoms with Crippen LogP contribution in [0.1, 0.15) is 37.3 Å². The molecule has 1 aliphatic rings. The number of hydrogen-bond donors (Lipinski definition) is 0. The van der Waals surface area contributed by atoms with Crippen LogP contribution in [0, 0.1) is 11.3 Å². The smallest absolute Gasteiger partial charge is 0.266 e. The third-order valence-corrected chi connectivity index (χ3v) is 4.32. The maximum absolute atomic E-state index is 13.4. The number of aromatic nitrogens is 1. The summed E-state index contributed by atoms with van der Waals surface area (Å²) in [5, 5.41) is 13.5. The molecule has 0 bridgehead atoms. The van der Waals surface area contributed by atoms with Crippen LogP contribution in [0.4, 0.5) is 13.2 Å². The van der Waals surface area contributed by atoms with Gasteiger partial charge in [-0.05, 0) is 38.3 Å². The molecule has 7 heteroatoms. The Morgan fingerprint density at radius 3 is 2.48 bits per heavy atom. The highest BCUT2D eigenvalue weighted by Crippen LogP contribution is 2.33. The molecule has 0 atom stereocenters. The van der Waals surface area contributed by atoms with E-state index in [4.69, 9.17) is 0 Å². The van der Waals surface area contributed by atoms with E-state index in [0.717, 1.165) is 29.2 Å². The molecule has 0 N–H and O–H groups in total. The van der Waals surface area contributed by atoms with E-state index in [1.165, 1.54) is 6.07 Å². The molecule has 3 rings (SSSR count). The number of nitriles is 1. The molecule has 27 heavy (non-hydrogen) atoms. The Kier molecular flexibility index (Phi) is 5.00. The Balaban J connectivity index is 2.35. The number of halogens is 3. The van der Waals surface area contributed by atoms with Gasteiger partial charge in [0, 0.05) is 5.56 Å². The van der Waals surface area contributed by atoms with Gasteiger partial charge in [-0.25, -0.2) is 0 Å². The van der Waals surface area contributed by atoms with E-state index in [1.54, 1.807) is 30.3 Å². The average molecular weight is 371 g/mol. The molecule has 0 aliphatic heterocycles. The molecule has 0 fully saturated rings. The molecular formula is C20H16F3N3O. The molecule has 0 spiro atoms. The van der Waals surface area contributed by atoms with Crippen molar-refractivity contribution in [2.45, 2.75) is 32.4 Å². The summed E-state index contributed by atoms with van der Waals surface area (Å²) in [7, 11) is 0. The van der Waals surface area contributed by atoms with E-state index in [0.29, 0.717) is 17.7 Å². The van der Waals surface area contributed by atoms with Crippen molar-refractivity contribution in [3.05, 3.63) is 69.5 Å². The van der Waals surface area contributed by atoms with Gasteiger partial charge in [0.15, 0.2) is 0 Å². The largest absolute Gasteiger partial charge is 0.417 e. The summed E-state index contributed by atoms with van der Waals surface area (Å²) >= 11 is 0. The molecule has 0 unspecified atom stereocenters. The maximum atomic E-state index is 13.4. The Labute approximate surface area is 153 Å². The van der Waals surface area contributed by atoms with E-state index >= 15 is 0 Å². The first-order chi connectivity index (χ1) is 12.8. The van der Waals surface area contributed by atoms with Crippen molar-refractivity contribution in [3.63, 3.8) is 0 Å². The molecule has 0 saturated carbocycles. The van der Waals surface area contributed by atoms with Crippen molar-refractivity contribution >= 4 is 5.71 Å². The number of hydrogen-bond acceptors (Lipinski definition) is 3. The first-order valence-electron chi connectivity index (χ1n) is 8.39. The highest BCUT2D eigenvalue weighted by atomic mass is 19.4. The predicted molar refractivity (Wildman–Crippen MR) is 96.3 cm³/mol. The third kappa shape index (κ3) is 3.85. The lowest BCUT2D eigenvalue weighted by Gasteiger charge is -2.16. The lowest BCUT2D eigenvalue weighted by Crippen LogP contribution is -2.27. The zero-order chi connectivity index (χ0) is 19.6. The average Bonchev–Trinajstić information content (AvgIpc) is 2.63. The van der Waals surface area contributed by atoms with Crippen LogP contribution in [0.3, 0.4) is 0 Å². The van der Waals surface area contributed by atoms with E-state index in [-0.39, 0.29) is 5.69 Å². The summed E-state index contributed by atoms with van der Waals surface area (Å²) < 4.78 is 41.1. The molecule has 1 heterocycles. The molecular weight excluding hydrogens is 355 g/mol. The lowest BCUT2D eigenvalue weighted by molar-refractivity contribution is -0.137. The highest BCUT2D eigenvalue weighted by Gasteiger charge is 2.36. The quantitative estimate of drug-likeness (QED) is 0.766. The molecule has 4 nitrogen and oxygen atoms in total. The number of benzene rings is 1. The van der Waals surface area contributed by atoms with Crippen molar-refractivity contribution < 1.29 is 13.2 Å². The summed E-state index contributed by atoms with van der Waals surface area (Å²) in [4.78, 5) is 12.7. The molecule has 1 aromatic heterocycles. The number of nitrogens with zero attached hydrogens (tertiary/aromatic N) is 3. The highest BCUT2D eigenvalue weighted by molar-refractivity contribution is 5.96. The van der Waals surface area contributed by atoms with Gasteiger partial charge >= 0.3 is 6.18 Å². The van der Waals surface area contributed by atoms with Gasteiger partial charge in [0.05, 0.1) is 17.0 Å². The maximum Gasteiger partial charge on any atom is 0.417 e. The van der Waals surface area contributed by atoms with Crippen LogP contribution < -0.4 is 5.56 Å². The minimum atomic E-state index is -4.82. The zero-order valence-corrected chi connectivity index (χ0v) is 14.5. The van der Waals surface area contributed by atoms with Crippen LogP contribution in [0.5, 0.6) is 0 Å². The van der Waals surface area contributed by atoms with Gasteiger partial charge in [0.2, 0.25) is 0 Å². The second-order valence-corrected chi connectivity index (χ2v) is 6.35. The standard InChI is InChI=1S/C20H16F3N3O/c1-13-6-5-9-15(10-13)25-26-18(14-7-3-2-4-8-14)11-17(20(21,22)23)16(12-24)19(26)27/h2-4,7-8,10-11H,5-6,9H2,1H3. The third-order valence-electron chi connectivity index (χ3n) is 4.32. The minimum Gasteiger partial charge on any atom is -0.266 e. The summed E-state index contributed by atoms with van der Waals surface area (Å²) in [5.74, 6) is 0. The molecule has 1 aromatic carbocycles. The van der Waals surface area contributed by atoms with E-state index in [2.05, 4.69) is 5.10 Å². The molecule has 0 amide bonds. The van der Waals surface area contributed by atoms with Crippen LogP contribution in [-0.2, 0) is 6.18 Å². The first-order valence-corrected chi connectivity index (χ1v) is 8.39. The first kappa shape index (κ1) is 18.6. The van der Waals surface area contributed by atoms with Gasteiger partial charge in [0.1, 0.15) is 11.6 Å². The van der Waals surface area contributed by atoms with E-state index < -0.39 is 22.9 Å². The van der Waals surface area contributed by atoms with Gasteiger partial charge in [-0.3, -0.25) is 4.79 Å². The predicted octanol–water partition coefficient (Wildman–Crippen LogP) is 4.74. The van der Waals surface area contributed by atoms with Gasteiger partial charge < -0.3 is 0 Å². The molecule has 0 radical (unpaired) electrons. The molecule has 0 saturated heterocycles. The molecule has 138 valence electrons. The minimum absolute atomic E-state index is 0.00366. The topological polar surface area (TPSA) is 58.1 Å². The monoisotopic (exact) mass is 371 g/mol. The van der Waals surface area contributed by atoms with Crippen molar-refractivity contribution in [1.29, 1.82) is 5.26 Å². The molecule has 1 aliphatic carbocycles. The van der Waals surface area contributed by atoms with Crippen LogP contribution in [0.15, 0.2) is 57.9 Å². The summed E-state index contributed by atoms with van der Waals surface area (Å²) in [5.41, 5.74) is -1.19. The Morgan fingerprint density at radius 2 is 1.89 bits per heavy atom. The normalized spacial score (nSPS) is 16.1. The number of pyridine rings is 1. The van der Waals surface area contributed by atoms with Crippen molar-refractivity contribution in [3.8, 4) is 17.3 Å². The fraction of sp³-hybridized carbons (Fsp3) is 0.250. The summed E-state index contributed by atoms with van der Waals surface area (Å²) in [6.45, 7) is 1.93. The Hall–Kier alpha value is -3.14.